The van der Waals surface area contributed by atoms with E-state index in [0.717, 1.165) is 18.4 Å². The fourth-order valence-corrected chi connectivity index (χ4v) is 4.67. The summed E-state index contributed by atoms with van der Waals surface area (Å²) in [5.41, 5.74) is 1.23. The summed E-state index contributed by atoms with van der Waals surface area (Å²) < 4.78 is 17.9. The van der Waals surface area contributed by atoms with Crippen molar-refractivity contribution in [2.45, 2.75) is 96.7 Å². The van der Waals surface area contributed by atoms with Crippen molar-refractivity contribution >= 4 is 8.32 Å². The summed E-state index contributed by atoms with van der Waals surface area (Å²) in [4.78, 5) is 0. The number of methoxy groups -OCH3 is 1. The molecule has 27 heavy (non-hydrogen) atoms. The quantitative estimate of drug-likeness (QED) is 0.336. The third-order valence-electron chi connectivity index (χ3n) is 6.28. The van der Waals surface area contributed by atoms with Crippen molar-refractivity contribution in [1.29, 1.82) is 0 Å². The van der Waals surface area contributed by atoms with Gasteiger partial charge in [0.25, 0.3) is 0 Å². The Bertz CT molecular complexity index is 531. The third-order valence-corrected chi connectivity index (χ3v) is 10.8. The first kappa shape index (κ1) is 24.6. The van der Waals surface area contributed by atoms with Crippen LogP contribution in [0.15, 0.2) is 23.8 Å². The van der Waals surface area contributed by atoms with E-state index in [1.54, 1.807) is 7.11 Å². The van der Waals surface area contributed by atoms with E-state index >= 15 is 0 Å². The fraction of sp³-hybridized carbons (Fsp3) is 0.818. The van der Waals surface area contributed by atoms with Gasteiger partial charge in [-0.25, -0.2) is 0 Å². The number of rotatable bonds is 8. The van der Waals surface area contributed by atoms with E-state index in [4.69, 9.17) is 13.9 Å². The molecule has 1 N–H and O–H groups in total. The van der Waals surface area contributed by atoms with Gasteiger partial charge in [-0.15, -0.1) is 0 Å². The minimum Gasteiger partial charge on any atom is -0.411 e. The van der Waals surface area contributed by atoms with Gasteiger partial charge in [0.2, 0.25) is 0 Å². The fourth-order valence-electron chi connectivity index (χ4n) is 3.31. The highest BCUT2D eigenvalue weighted by molar-refractivity contribution is 6.74. The molecule has 1 rings (SSSR count). The molecule has 0 heterocycles. The summed E-state index contributed by atoms with van der Waals surface area (Å²) in [5.74, 6) is 0.272. The molecule has 0 amide bonds. The summed E-state index contributed by atoms with van der Waals surface area (Å²) in [6.07, 6.45) is 3.49. The molecule has 0 radical (unpaired) electrons. The van der Waals surface area contributed by atoms with Gasteiger partial charge in [0, 0.05) is 7.11 Å². The molecule has 0 aromatic heterocycles. The topological polar surface area (TPSA) is 47.9 Å². The molecule has 4 nitrogen and oxygen atoms in total. The zero-order chi connectivity index (χ0) is 21.0. The predicted molar refractivity (Wildman–Crippen MR) is 115 cm³/mol. The maximum Gasteiger partial charge on any atom is 0.192 e. The summed E-state index contributed by atoms with van der Waals surface area (Å²) in [6.45, 7) is 21.7. The molecule has 0 spiro atoms. The lowest BCUT2D eigenvalue weighted by Gasteiger charge is -2.51. The van der Waals surface area contributed by atoms with Crippen LogP contribution in [-0.4, -0.2) is 45.1 Å². The average Bonchev–Trinajstić information content (AvgIpc) is 2.52. The van der Waals surface area contributed by atoms with Gasteiger partial charge < -0.3 is 19.0 Å². The second kappa shape index (κ2) is 9.36. The molecule has 158 valence electrons. The van der Waals surface area contributed by atoms with Crippen LogP contribution in [0.1, 0.15) is 60.8 Å². The highest BCUT2D eigenvalue weighted by Gasteiger charge is 2.53. The van der Waals surface area contributed by atoms with Gasteiger partial charge in [-0.3, -0.25) is 0 Å². The lowest BCUT2D eigenvalue weighted by Crippen LogP contribution is -2.61. The Morgan fingerprint density at radius 1 is 1.19 bits per heavy atom. The van der Waals surface area contributed by atoms with Crippen molar-refractivity contribution in [3.05, 3.63) is 23.8 Å². The molecule has 0 bridgehead atoms. The van der Waals surface area contributed by atoms with Gasteiger partial charge in [-0.05, 0) is 64.1 Å². The van der Waals surface area contributed by atoms with Crippen molar-refractivity contribution in [2.24, 2.45) is 5.92 Å². The molecule has 0 aliphatic heterocycles. The van der Waals surface area contributed by atoms with Crippen LogP contribution in [0, 0.1) is 5.92 Å². The average molecular weight is 399 g/mol. The molecule has 1 aliphatic rings. The maximum absolute atomic E-state index is 11.8. The van der Waals surface area contributed by atoms with Gasteiger partial charge in [0.05, 0.1) is 12.2 Å². The smallest absolute Gasteiger partial charge is 0.192 e. The molecule has 0 aromatic carbocycles. The largest absolute Gasteiger partial charge is 0.411 e. The number of aliphatic hydroxyl groups is 1. The van der Waals surface area contributed by atoms with Gasteiger partial charge in [-0.2, -0.15) is 0 Å². The van der Waals surface area contributed by atoms with Gasteiger partial charge in [0.15, 0.2) is 8.32 Å². The van der Waals surface area contributed by atoms with Crippen LogP contribution in [0.3, 0.4) is 0 Å². The lowest BCUT2D eigenvalue weighted by molar-refractivity contribution is -0.211. The van der Waals surface area contributed by atoms with E-state index < -0.39 is 13.9 Å². The van der Waals surface area contributed by atoms with Crippen LogP contribution in [0.4, 0.5) is 0 Å². The van der Waals surface area contributed by atoms with E-state index in [1.807, 2.05) is 0 Å². The second-order valence-electron chi connectivity index (χ2n) is 9.92. The minimum absolute atomic E-state index is 0.0729. The zero-order valence-corrected chi connectivity index (χ0v) is 20.0. The highest BCUT2D eigenvalue weighted by Crippen LogP contribution is 2.45. The summed E-state index contributed by atoms with van der Waals surface area (Å²) in [6, 6.07) is 0. The Balaban J connectivity index is 3.30. The molecular formula is C22H42O4Si. The van der Waals surface area contributed by atoms with Crippen molar-refractivity contribution in [3.63, 3.8) is 0 Å². The lowest BCUT2D eigenvalue weighted by atomic mass is 9.71. The van der Waals surface area contributed by atoms with Crippen LogP contribution >= 0.6 is 0 Å². The number of allylic oxidation sites excluding steroid dienone is 2. The molecule has 5 heteroatoms. The molecule has 0 aromatic rings. The molecule has 0 saturated heterocycles. The molecule has 1 aliphatic carbocycles. The normalized spacial score (nSPS) is 29.5. The maximum atomic E-state index is 11.8. The summed E-state index contributed by atoms with van der Waals surface area (Å²) >= 11 is 0. The summed E-state index contributed by atoms with van der Waals surface area (Å²) in [7, 11) is -0.451. The van der Waals surface area contributed by atoms with Crippen molar-refractivity contribution in [3.8, 4) is 0 Å². The Labute approximate surface area is 168 Å². The van der Waals surface area contributed by atoms with Gasteiger partial charge >= 0.3 is 0 Å². The molecule has 1 saturated carbocycles. The van der Waals surface area contributed by atoms with Gasteiger partial charge in [0.1, 0.15) is 12.4 Å². The predicted octanol–water partition coefficient (Wildman–Crippen LogP) is 5.44. The standard InChI is InChI=1S/C22H42O4Si/c1-16(2)11-12-22(23)19(25-15-24-8)13-18(17(3)4)14-20(22)26-27(9,10)21(5,6)7/h11,18-20,23H,3,12-15H2,1-2,4-10H3/t18-,19-,20-,22-/m1/s1. The van der Waals surface area contributed by atoms with Crippen molar-refractivity contribution < 1.29 is 19.0 Å². The Morgan fingerprint density at radius 3 is 2.19 bits per heavy atom. The van der Waals surface area contributed by atoms with Crippen LogP contribution < -0.4 is 0 Å². The number of hydrogen-bond donors (Lipinski definition) is 1. The Kier molecular flexibility index (Phi) is 8.52. The third kappa shape index (κ3) is 6.26. The van der Waals surface area contributed by atoms with E-state index in [-0.39, 0.29) is 30.0 Å². The Morgan fingerprint density at radius 2 is 1.74 bits per heavy atom. The van der Waals surface area contributed by atoms with Crippen LogP contribution in [-0.2, 0) is 13.9 Å². The molecule has 0 unspecified atom stereocenters. The van der Waals surface area contributed by atoms with Crippen LogP contribution in [0.2, 0.25) is 18.1 Å². The molecular weight excluding hydrogens is 356 g/mol. The van der Waals surface area contributed by atoms with E-state index in [0.29, 0.717) is 6.42 Å². The highest BCUT2D eigenvalue weighted by atomic mass is 28.4. The van der Waals surface area contributed by atoms with E-state index in [2.05, 4.69) is 67.3 Å². The zero-order valence-electron chi connectivity index (χ0n) is 19.0. The van der Waals surface area contributed by atoms with E-state index in [9.17, 15) is 5.11 Å². The van der Waals surface area contributed by atoms with Crippen molar-refractivity contribution in [1.82, 2.24) is 0 Å². The molecule has 1 fully saturated rings. The first-order valence-corrected chi connectivity index (χ1v) is 12.9. The van der Waals surface area contributed by atoms with Crippen LogP contribution in [0.25, 0.3) is 0 Å². The first-order valence-electron chi connectivity index (χ1n) is 10.0. The number of ether oxygens (including phenoxy) is 2. The van der Waals surface area contributed by atoms with Gasteiger partial charge in [-0.1, -0.05) is 44.6 Å². The second-order valence-corrected chi connectivity index (χ2v) is 14.7. The van der Waals surface area contributed by atoms with Crippen LogP contribution in [0.5, 0.6) is 0 Å². The Hall–Kier alpha value is -0.463. The SMILES string of the molecule is C=C(C)[C@@H]1C[C@@H](OCOC)[C@](O)(CC=C(C)C)[C@H](O[Si](C)(C)C(C)(C)C)C1. The monoisotopic (exact) mass is 398 g/mol. The minimum atomic E-state index is -2.06. The summed E-state index contributed by atoms with van der Waals surface area (Å²) in [5, 5.41) is 11.9. The first-order chi connectivity index (χ1) is 12.2. The number of hydrogen-bond acceptors (Lipinski definition) is 4. The van der Waals surface area contributed by atoms with Crippen molar-refractivity contribution in [2.75, 3.05) is 13.9 Å². The molecule has 4 atom stereocenters. The van der Waals surface area contributed by atoms with E-state index in [1.165, 1.54) is 5.57 Å².